The highest BCUT2D eigenvalue weighted by molar-refractivity contribution is 5.20. The number of nitrogens with two attached hydrogens (primary N) is 1. The predicted octanol–water partition coefficient (Wildman–Crippen LogP) is 1.90. The van der Waals surface area contributed by atoms with Gasteiger partial charge in [0.25, 0.3) is 0 Å². The van der Waals surface area contributed by atoms with Crippen LogP contribution in [0.3, 0.4) is 0 Å². The summed E-state index contributed by atoms with van der Waals surface area (Å²) < 4.78 is 5.68. The van der Waals surface area contributed by atoms with Crippen LogP contribution < -0.4 is 10.5 Å². The van der Waals surface area contributed by atoms with Crippen molar-refractivity contribution in [2.45, 2.75) is 20.0 Å². The third kappa shape index (κ3) is 2.90. The van der Waals surface area contributed by atoms with Crippen LogP contribution in [0, 0.1) is 6.92 Å². The summed E-state index contributed by atoms with van der Waals surface area (Å²) >= 11 is 0. The van der Waals surface area contributed by atoms with Gasteiger partial charge in [-0.05, 0) is 26.0 Å². The second-order valence-corrected chi connectivity index (χ2v) is 3.72. The Morgan fingerprint density at radius 3 is 2.76 bits per heavy atom. The lowest BCUT2D eigenvalue weighted by Gasteiger charge is -2.13. The molecule has 88 valence electrons. The maximum Gasteiger partial charge on any atom is 0.220 e. The fraction of sp³-hybridized carbons (Fsp3) is 0.250. The first kappa shape index (κ1) is 11.3. The second kappa shape index (κ2) is 4.78. The third-order valence-electron chi connectivity index (χ3n) is 2.27. The molecule has 0 bridgehead atoms. The summed E-state index contributed by atoms with van der Waals surface area (Å²) in [6.07, 6.45) is 1.40. The highest BCUT2D eigenvalue weighted by Gasteiger charge is 2.10. The van der Waals surface area contributed by atoms with Crippen molar-refractivity contribution in [3.05, 3.63) is 41.9 Å². The number of hydrogen-bond donors (Lipinski definition) is 1. The smallest absolute Gasteiger partial charge is 0.220 e. The largest absolute Gasteiger partial charge is 0.468 e. The van der Waals surface area contributed by atoms with E-state index < -0.39 is 0 Å². The second-order valence-electron chi connectivity index (χ2n) is 3.72. The normalized spacial score (nSPS) is 12.1. The van der Waals surface area contributed by atoms with Crippen LogP contribution in [0.25, 0.3) is 0 Å². The van der Waals surface area contributed by atoms with Gasteiger partial charge in [0.1, 0.15) is 6.10 Å². The average molecular weight is 230 g/mol. The van der Waals surface area contributed by atoms with Crippen LogP contribution >= 0.6 is 0 Å². The molecule has 2 aromatic heterocycles. The van der Waals surface area contributed by atoms with Crippen molar-refractivity contribution < 1.29 is 4.74 Å². The van der Waals surface area contributed by atoms with Gasteiger partial charge in [0.2, 0.25) is 11.8 Å². The van der Waals surface area contributed by atoms with Crippen molar-refractivity contribution in [2.75, 3.05) is 5.73 Å². The molecular weight excluding hydrogens is 216 g/mol. The zero-order chi connectivity index (χ0) is 12.3. The van der Waals surface area contributed by atoms with Crippen LogP contribution in [0.5, 0.6) is 5.88 Å². The standard InChI is InChI=1S/C12H14N4O/c1-8-4-3-5-11(15-8)17-9(2)10-6-7-14-12(13)16-10/h3-7,9H,1-2H3,(H2,13,14,16). The van der Waals surface area contributed by atoms with Gasteiger partial charge >= 0.3 is 0 Å². The van der Waals surface area contributed by atoms with Gasteiger partial charge < -0.3 is 10.5 Å². The molecule has 1 unspecified atom stereocenters. The topological polar surface area (TPSA) is 73.9 Å². The zero-order valence-corrected chi connectivity index (χ0v) is 9.79. The van der Waals surface area contributed by atoms with Gasteiger partial charge in [-0.25, -0.2) is 15.0 Å². The third-order valence-corrected chi connectivity index (χ3v) is 2.27. The summed E-state index contributed by atoms with van der Waals surface area (Å²) in [4.78, 5) is 12.2. The molecule has 0 aliphatic rings. The van der Waals surface area contributed by atoms with Crippen LogP contribution in [0.4, 0.5) is 5.95 Å². The summed E-state index contributed by atoms with van der Waals surface area (Å²) in [5.41, 5.74) is 7.17. The van der Waals surface area contributed by atoms with Crippen molar-refractivity contribution in [1.82, 2.24) is 15.0 Å². The van der Waals surface area contributed by atoms with Gasteiger partial charge in [-0.3, -0.25) is 0 Å². The minimum Gasteiger partial charge on any atom is -0.468 e. The number of nitrogens with zero attached hydrogens (tertiary/aromatic N) is 3. The van der Waals surface area contributed by atoms with Gasteiger partial charge in [0, 0.05) is 18.0 Å². The molecule has 0 spiro atoms. The van der Waals surface area contributed by atoms with E-state index in [0.29, 0.717) is 5.88 Å². The highest BCUT2D eigenvalue weighted by Crippen LogP contribution is 2.18. The van der Waals surface area contributed by atoms with Crippen LogP contribution in [0.15, 0.2) is 30.5 Å². The molecule has 0 aromatic carbocycles. The Balaban J connectivity index is 2.14. The summed E-state index contributed by atoms with van der Waals surface area (Å²) in [7, 11) is 0. The molecule has 0 aliphatic heterocycles. The first-order valence-electron chi connectivity index (χ1n) is 5.34. The molecule has 0 aliphatic carbocycles. The fourth-order valence-electron chi connectivity index (χ4n) is 1.44. The lowest BCUT2D eigenvalue weighted by Crippen LogP contribution is -2.08. The summed E-state index contributed by atoms with van der Waals surface area (Å²) in [6.45, 7) is 3.81. The van der Waals surface area contributed by atoms with E-state index in [4.69, 9.17) is 10.5 Å². The highest BCUT2D eigenvalue weighted by atomic mass is 16.5. The predicted molar refractivity (Wildman–Crippen MR) is 64.5 cm³/mol. The van der Waals surface area contributed by atoms with Gasteiger partial charge in [0.15, 0.2) is 0 Å². The minimum absolute atomic E-state index is 0.213. The van der Waals surface area contributed by atoms with E-state index in [0.717, 1.165) is 11.4 Å². The Morgan fingerprint density at radius 1 is 1.24 bits per heavy atom. The van der Waals surface area contributed by atoms with Gasteiger partial charge in [-0.1, -0.05) is 6.07 Å². The molecule has 17 heavy (non-hydrogen) atoms. The number of ether oxygens (including phenoxy) is 1. The number of rotatable bonds is 3. The fourth-order valence-corrected chi connectivity index (χ4v) is 1.44. The first-order valence-corrected chi connectivity index (χ1v) is 5.34. The minimum atomic E-state index is -0.213. The molecule has 2 rings (SSSR count). The van der Waals surface area contributed by atoms with Crippen LogP contribution in [-0.4, -0.2) is 15.0 Å². The van der Waals surface area contributed by atoms with E-state index in [1.807, 2.05) is 32.0 Å². The Kier molecular flexibility index (Phi) is 3.18. The monoisotopic (exact) mass is 230 g/mol. The Bertz CT molecular complexity index is 515. The van der Waals surface area contributed by atoms with Crippen molar-refractivity contribution >= 4 is 5.95 Å². The van der Waals surface area contributed by atoms with E-state index in [1.54, 1.807) is 12.3 Å². The number of nitrogen functional groups attached to an aromatic ring is 1. The molecular formula is C12H14N4O. The number of aromatic nitrogens is 3. The van der Waals surface area contributed by atoms with Crippen LogP contribution in [-0.2, 0) is 0 Å². The molecule has 2 N–H and O–H groups in total. The molecule has 2 aromatic rings. The van der Waals surface area contributed by atoms with E-state index in [1.165, 1.54) is 0 Å². The van der Waals surface area contributed by atoms with Crippen LogP contribution in [0.2, 0.25) is 0 Å². The van der Waals surface area contributed by atoms with Gasteiger partial charge in [0.05, 0.1) is 5.69 Å². The number of anilines is 1. The Labute approximate surface area is 99.7 Å². The van der Waals surface area contributed by atoms with Crippen molar-refractivity contribution in [3.63, 3.8) is 0 Å². The molecule has 5 nitrogen and oxygen atoms in total. The maximum absolute atomic E-state index is 5.68. The van der Waals surface area contributed by atoms with Gasteiger partial charge in [-0.2, -0.15) is 0 Å². The van der Waals surface area contributed by atoms with E-state index in [-0.39, 0.29) is 12.1 Å². The average Bonchev–Trinajstić information content (AvgIpc) is 2.29. The van der Waals surface area contributed by atoms with Crippen molar-refractivity contribution in [3.8, 4) is 5.88 Å². The molecule has 1 atom stereocenters. The molecule has 0 amide bonds. The van der Waals surface area contributed by atoms with Gasteiger partial charge in [-0.15, -0.1) is 0 Å². The van der Waals surface area contributed by atoms with E-state index >= 15 is 0 Å². The molecule has 0 fully saturated rings. The summed E-state index contributed by atoms with van der Waals surface area (Å²) in [5.74, 6) is 0.824. The SMILES string of the molecule is Cc1cccc(OC(C)c2ccnc(N)n2)n1. The number of pyridine rings is 1. The Morgan fingerprint density at radius 2 is 2.06 bits per heavy atom. The molecule has 0 radical (unpaired) electrons. The number of aryl methyl sites for hydroxylation is 1. The Hall–Kier alpha value is -2.17. The van der Waals surface area contributed by atoms with E-state index in [2.05, 4.69) is 15.0 Å². The molecule has 0 saturated heterocycles. The first-order chi connectivity index (χ1) is 8.15. The van der Waals surface area contributed by atoms with Crippen LogP contribution in [0.1, 0.15) is 24.4 Å². The van der Waals surface area contributed by atoms with E-state index in [9.17, 15) is 0 Å². The van der Waals surface area contributed by atoms with Crippen molar-refractivity contribution in [2.24, 2.45) is 0 Å². The lowest BCUT2D eigenvalue weighted by atomic mass is 10.3. The quantitative estimate of drug-likeness (QED) is 0.871. The maximum atomic E-state index is 5.68. The van der Waals surface area contributed by atoms with Crippen molar-refractivity contribution in [1.29, 1.82) is 0 Å². The number of hydrogen-bond acceptors (Lipinski definition) is 5. The molecule has 2 heterocycles. The molecule has 0 saturated carbocycles. The summed E-state index contributed by atoms with van der Waals surface area (Å²) in [5, 5.41) is 0. The molecule has 5 heteroatoms. The lowest BCUT2D eigenvalue weighted by molar-refractivity contribution is 0.212. The zero-order valence-electron chi connectivity index (χ0n) is 9.79. The summed E-state index contributed by atoms with van der Waals surface area (Å²) in [6, 6.07) is 7.41.